The van der Waals surface area contributed by atoms with E-state index in [1.165, 1.54) is 0 Å². The van der Waals surface area contributed by atoms with E-state index in [4.69, 9.17) is 4.74 Å². The van der Waals surface area contributed by atoms with Gasteiger partial charge in [-0.15, -0.1) is 0 Å². The molecule has 16 heavy (non-hydrogen) atoms. The average Bonchev–Trinajstić information content (AvgIpc) is 2.51. The molecule has 0 fully saturated rings. The van der Waals surface area contributed by atoms with Crippen LogP contribution in [-0.2, 0) is 11.3 Å². The lowest BCUT2D eigenvalue weighted by atomic mass is 10.2. The van der Waals surface area contributed by atoms with Gasteiger partial charge in [0.2, 0.25) is 5.91 Å². The molecule has 4 heteroatoms. The summed E-state index contributed by atoms with van der Waals surface area (Å²) in [4.78, 5) is 13.6. The molecule has 1 aliphatic heterocycles. The summed E-state index contributed by atoms with van der Waals surface area (Å²) in [5, 5.41) is 0. The van der Waals surface area contributed by atoms with E-state index in [0.717, 1.165) is 11.3 Å². The van der Waals surface area contributed by atoms with Crippen molar-refractivity contribution in [2.75, 3.05) is 18.9 Å². The summed E-state index contributed by atoms with van der Waals surface area (Å²) in [7, 11) is 0. The molecule has 3 nitrogen and oxygen atoms in total. The second-order valence-electron chi connectivity index (χ2n) is 3.75. The van der Waals surface area contributed by atoms with Crippen LogP contribution in [-0.4, -0.2) is 29.7 Å². The standard InChI is InChI=1S/C12H15NO2S/c14-12(5-8-16)13-6-7-15-11-4-2-1-3-10(11)9-13/h1-4,16H,5-9H2. The molecule has 0 atom stereocenters. The predicted octanol–water partition coefficient (Wildman–Crippen LogP) is 1.73. The number of rotatable bonds is 2. The van der Waals surface area contributed by atoms with Crippen LogP contribution >= 0.6 is 12.6 Å². The van der Waals surface area contributed by atoms with Gasteiger partial charge in [-0.2, -0.15) is 12.6 Å². The smallest absolute Gasteiger partial charge is 0.223 e. The highest BCUT2D eigenvalue weighted by molar-refractivity contribution is 7.80. The van der Waals surface area contributed by atoms with Gasteiger partial charge in [-0.3, -0.25) is 4.79 Å². The molecule has 0 unspecified atom stereocenters. The first kappa shape index (κ1) is 11.3. The van der Waals surface area contributed by atoms with Crippen molar-refractivity contribution >= 4 is 18.5 Å². The molecule has 0 spiro atoms. The molecule has 1 amide bonds. The summed E-state index contributed by atoms with van der Waals surface area (Å²) in [5.41, 5.74) is 1.08. The van der Waals surface area contributed by atoms with Crippen LogP contribution in [0.2, 0.25) is 0 Å². The minimum atomic E-state index is 0.148. The van der Waals surface area contributed by atoms with Crippen molar-refractivity contribution in [3.05, 3.63) is 29.8 Å². The van der Waals surface area contributed by atoms with E-state index in [2.05, 4.69) is 12.6 Å². The van der Waals surface area contributed by atoms with E-state index in [1.807, 2.05) is 29.2 Å². The molecular formula is C12H15NO2S. The Morgan fingerprint density at radius 2 is 2.25 bits per heavy atom. The molecule has 86 valence electrons. The van der Waals surface area contributed by atoms with Gasteiger partial charge in [-0.05, 0) is 11.8 Å². The molecule has 0 N–H and O–H groups in total. The quantitative estimate of drug-likeness (QED) is 0.794. The lowest BCUT2D eigenvalue weighted by Crippen LogP contribution is -2.32. The molecule has 1 aromatic carbocycles. The number of hydrogen-bond acceptors (Lipinski definition) is 3. The lowest BCUT2D eigenvalue weighted by molar-refractivity contribution is -0.131. The SMILES string of the molecule is O=C(CCS)N1CCOc2ccccc2C1. The minimum Gasteiger partial charge on any atom is -0.491 e. The first-order chi connectivity index (χ1) is 7.81. The van der Waals surface area contributed by atoms with Crippen molar-refractivity contribution in [2.45, 2.75) is 13.0 Å². The summed E-state index contributed by atoms with van der Waals surface area (Å²) >= 11 is 4.08. The van der Waals surface area contributed by atoms with Crippen molar-refractivity contribution in [1.82, 2.24) is 4.90 Å². The Bertz CT molecular complexity index is 381. The molecule has 2 rings (SSSR count). The van der Waals surface area contributed by atoms with Crippen molar-refractivity contribution in [3.8, 4) is 5.75 Å². The van der Waals surface area contributed by atoms with Crippen LogP contribution < -0.4 is 4.74 Å². The molecule has 0 radical (unpaired) electrons. The number of hydrogen-bond donors (Lipinski definition) is 1. The first-order valence-corrected chi connectivity index (χ1v) is 6.04. The normalized spacial score (nSPS) is 14.9. The average molecular weight is 237 g/mol. The van der Waals surface area contributed by atoms with E-state index < -0.39 is 0 Å². The zero-order chi connectivity index (χ0) is 11.4. The Kier molecular flexibility index (Phi) is 3.72. The van der Waals surface area contributed by atoms with Crippen LogP contribution in [0.4, 0.5) is 0 Å². The second-order valence-corrected chi connectivity index (χ2v) is 4.19. The summed E-state index contributed by atoms with van der Waals surface area (Å²) in [5.74, 6) is 1.64. The highest BCUT2D eigenvalue weighted by Gasteiger charge is 2.18. The van der Waals surface area contributed by atoms with E-state index in [1.54, 1.807) is 0 Å². The number of fused-ring (bicyclic) bond motifs is 1. The van der Waals surface area contributed by atoms with Gasteiger partial charge in [0.05, 0.1) is 6.54 Å². The molecule has 0 aliphatic carbocycles. The molecular weight excluding hydrogens is 222 g/mol. The number of ether oxygens (including phenoxy) is 1. The van der Waals surface area contributed by atoms with Crippen LogP contribution in [0.15, 0.2) is 24.3 Å². The fourth-order valence-corrected chi connectivity index (χ4v) is 1.98. The van der Waals surface area contributed by atoms with Crippen molar-refractivity contribution < 1.29 is 9.53 Å². The molecule has 0 aromatic heterocycles. The highest BCUT2D eigenvalue weighted by atomic mass is 32.1. The zero-order valence-electron chi connectivity index (χ0n) is 9.06. The third kappa shape index (κ3) is 2.50. The molecule has 1 heterocycles. The van der Waals surface area contributed by atoms with E-state index in [-0.39, 0.29) is 5.91 Å². The van der Waals surface area contributed by atoms with Gasteiger partial charge in [-0.1, -0.05) is 18.2 Å². The predicted molar refractivity (Wildman–Crippen MR) is 65.8 cm³/mol. The number of nitrogens with zero attached hydrogens (tertiary/aromatic N) is 1. The zero-order valence-corrected chi connectivity index (χ0v) is 9.95. The van der Waals surface area contributed by atoms with Gasteiger partial charge in [0.15, 0.2) is 0 Å². The summed E-state index contributed by atoms with van der Waals surface area (Å²) in [6.45, 7) is 1.86. The molecule has 1 aliphatic rings. The largest absolute Gasteiger partial charge is 0.491 e. The Balaban J connectivity index is 2.13. The number of thiol groups is 1. The van der Waals surface area contributed by atoms with Crippen molar-refractivity contribution in [3.63, 3.8) is 0 Å². The van der Waals surface area contributed by atoms with E-state index >= 15 is 0 Å². The molecule has 0 saturated carbocycles. The third-order valence-corrected chi connectivity index (χ3v) is 2.85. The van der Waals surface area contributed by atoms with Gasteiger partial charge < -0.3 is 9.64 Å². The van der Waals surface area contributed by atoms with Gasteiger partial charge in [0.1, 0.15) is 12.4 Å². The Labute approximate surface area is 101 Å². The summed E-state index contributed by atoms with van der Waals surface area (Å²) in [6.07, 6.45) is 0.491. The van der Waals surface area contributed by atoms with Gasteiger partial charge >= 0.3 is 0 Å². The molecule has 0 bridgehead atoms. The van der Waals surface area contributed by atoms with Crippen LogP contribution in [0, 0.1) is 0 Å². The van der Waals surface area contributed by atoms with Gasteiger partial charge in [0, 0.05) is 18.5 Å². The maximum atomic E-state index is 11.8. The number of benzene rings is 1. The maximum Gasteiger partial charge on any atom is 0.223 e. The molecule has 0 saturated heterocycles. The third-order valence-electron chi connectivity index (χ3n) is 2.63. The van der Waals surface area contributed by atoms with E-state index in [0.29, 0.717) is 31.9 Å². The number of amides is 1. The van der Waals surface area contributed by atoms with Gasteiger partial charge in [-0.25, -0.2) is 0 Å². The van der Waals surface area contributed by atoms with Gasteiger partial charge in [0.25, 0.3) is 0 Å². The monoisotopic (exact) mass is 237 g/mol. The Morgan fingerprint density at radius 3 is 3.06 bits per heavy atom. The topological polar surface area (TPSA) is 29.5 Å². The Hall–Kier alpha value is -1.16. The van der Waals surface area contributed by atoms with Crippen molar-refractivity contribution in [2.24, 2.45) is 0 Å². The van der Waals surface area contributed by atoms with Crippen LogP contribution in [0.5, 0.6) is 5.75 Å². The summed E-state index contributed by atoms with van der Waals surface area (Å²) < 4.78 is 5.59. The second kappa shape index (κ2) is 5.25. The van der Waals surface area contributed by atoms with Crippen LogP contribution in [0.25, 0.3) is 0 Å². The lowest BCUT2D eigenvalue weighted by Gasteiger charge is -2.19. The maximum absolute atomic E-state index is 11.8. The fraction of sp³-hybridized carbons (Fsp3) is 0.417. The summed E-state index contributed by atoms with van der Waals surface area (Å²) in [6, 6.07) is 7.86. The van der Waals surface area contributed by atoms with Crippen LogP contribution in [0.3, 0.4) is 0 Å². The highest BCUT2D eigenvalue weighted by Crippen LogP contribution is 2.22. The number of carbonyl (C=O) groups excluding carboxylic acids is 1. The number of carbonyl (C=O) groups is 1. The van der Waals surface area contributed by atoms with Crippen molar-refractivity contribution in [1.29, 1.82) is 0 Å². The first-order valence-electron chi connectivity index (χ1n) is 5.40. The van der Waals surface area contributed by atoms with Crippen LogP contribution in [0.1, 0.15) is 12.0 Å². The fourth-order valence-electron chi connectivity index (χ4n) is 1.79. The Morgan fingerprint density at radius 1 is 1.44 bits per heavy atom. The molecule has 1 aromatic rings. The minimum absolute atomic E-state index is 0.148. The van der Waals surface area contributed by atoms with E-state index in [9.17, 15) is 4.79 Å². The number of para-hydroxylation sites is 1.